The summed E-state index contributed by atoms with van der Waals surface area (Å²) >= 11 is 0. The Bertz CT molecular complexity index is 1160. The predicted molar refractivity (Wildman–Crippen MR) is 190 cm³/mol. The first kappa shape index (κ1) is 46.4. The van der Waals surface area contributed by atoms with Crippen molar-refractivity contribution in [2.24, 2.45) is 17.8 Å². The molecule has 0 amide bonds. The molecule has 0 radical (unpaired) electrons. The van der Waals surface area contributed by atoms with Crippen LogP contribution in [0.4, 0.5) is 26.3 Å². The number of rotatable bonds is 0. The van der Waals surface area contributed by atoms with Gasteiger partial charge in [0.05, 0.1) is 0 Å². The van der Waals surface area contributed by atoms with Crippen LogP contribution >= 0.6 is 0 Å². The Morgan fingerprint density at radius 2 is 0.681 bits per heavy atom. The molecule has 268 valence electrons. The molecule has 2 aliphatic carbocycles. The summed E-state index contributed by atoms with van der Waals surface area (Å²) in [5, 5.41) is 0. The van der Waals surface area contributed by atoms with E-state index in [2.05, 4.69) is 20.8 Å². The van der Waals surface area contributed by atoms with Gasteiger partial charge in [0.15, 0.2) is 11.6 Å². The highest BCUT2D eigenvalue weighted by Gasteiger charge is 2.13. The van der Waals surface area contributed by atoms with Crippen molar-refractivity contribution in [1.82, 2.24) is 0 Å². The molecule has 0 atom stereocenters. The monoisotopic (exact) mass is 668 g/mol. The van der Waals surface area contributed by atoms with Crippen molar-refractivity contribution in [3.63, 3.8) is 0 Å². The van der Waals surface area contributed by atoms with E-state index in [1.54, 1.807) is 26.0 Å². The lowest BCUT2D eigenvalue weighted by Crippen LogP contribution is -2.08. The van der Waals surface area contributed by atoms with Crippen molar-refractivity contribution < 1.29 is 26.3 Å². The van der Waals surface area contributed by atoms with Crippen LogP contribution in [0.25, 0.3) is 0 Å². The zero-order valence-electron chi connectivity index (χ0n) is 28.8. The van der Waals surface area contributed by atoms with E-state index in [0.29, 0.717) is 22.3 Å². The molecular weight excluding hydrogens is 606 g/mol. The van der Waals surface area contributed by atoms with Gasteiger partial charge in [-0.3, -0.25) is 0 Å². The van der Waals surface area contributed by atoms with Crippen LogP contribution in [0.15, 0.2) is 36.4 Å². The molecule has 2 aliphatic rings. The third-order valence-electron chi connectivity index (χ3n) is 8.52. The van der Waals surface area contributed by atoms with Crippen LogP contribution in [0.5, 0.6) is 0 Å². The Labute approximate surface area is 283 Å². The van der Waals surface area contributed by atoms with Gasteiger partial charge >= 0.3 is 0 Å². The third-order valence-corrected chi connectivity index (χ3v) is 8.52. The molecule has 3 aromatic rings. The van der Waals surface area contributed by atoms with Gasteiger partial charge < -0.3 is 0 Å². The van der Waals surface area contributed by atoms with E-state index in [1.165, 1.54) is 110 Å². The lowest BCUT2D eigenvalue weighted by atomic mass is 9.84. The van der Waals surface area contributed by atoms with E-state index < -0.39 is 34.9 Å². The molecule has 0 nitrogen and oxygen atoms in total. The quantitative estimate of drug-likeness (QED) is 0.209. The topological polar surface area (TPSA) is 0 Å². The molecule has 0 unspecified atom stereocenters. The first-order valence-corrected chi connectivity index (χ1v) is 16.3. The maximum atomic E-state index is 12.6. The molecule has 0 N–H and O–H groups in total. The molecule has 0 heterocycles. The summed E-state index contributed by atoms with van der Waals surface area (Å²) in [6.45, 7) is 16.3. The van der Waals surface area contributed by atoms with Crippen LogP contribution in [0.2, 0.25) is 0 Å². The average Bonchev–Trinajstić information content (AvgIpc) is 2.99. The number of benzene rings is 3. The van der Waals surface area contributed by atoms with Crippen molar-refractivity contribution in [3.05, 3.63) is 105 Å². The second-order valence-electron chi connectivity index (χ2n) is 13.1. The SMILES string of the molecule is C.C.CC1CCC(C)CC1.CC1CCCCC1.Cc1cc(F)c(C)c(F)c1.Cc1cc(F)c(C)c(F)c1.Cc1ccc(C)c(F)c1F. The summed E-state index contributed by atoms with van der Waals surface area (Å²) < 4.78 is 75.6. The maximum absolute atomic E-state index is 12.6. The van der Waals surface area contributed by atoms with Gasteiger partial charge in [-0.05, 0) is 106 Å². The normalized spacial score (nSPS) is 16.9. The summed E-state index contributed by atoms with van der Waals surface area (Å²) in [6.07, 6.45) is 13.3. The van der Waals surface area contributed by atoms with E-state index in [9.17, 15) is 26.3 Å². The van der Waals surface area contributed by atoms with Gasteiger partial charge in [0.25, 0.3) is 0 Å². The molecule has 0 aliphatic heterocycles. The van der Waals surface area contributed by atoms with Gasteiger partial charge in [-0.15, -0.1) is 0 Å². The minimum atomic E-state index is -0.736. The van der Waals surface area contributed by atoms with Gasteiger partial charge in [0, 0.05) is 11.1 Å². The summed E-state index contributed by atoms with van der Waals surface area (Å²) in [4.78, 5) is 0. The Balaban J connectivity index is 0. The van der Waals surface area contributed by atoms with Crippen LogP contribution in [-0.4, -0.2) is 0 Å². The number of hydrogen-bond donors (Lipinski definition) is 0. The number of halogens is 6. The molecule has 2 fully saturated rings. The first-order valence-electron chi connectivity index (χ1n) is 16.3. The van der Waals surface area contributed by atoms with Crippen molar-refractivity contribution >= 4 is 0 Å². The second-order valence-corrected chi connectivity index (χ2v) is 13.1. The molecule has 0 aromatic heterocycles. The maximum Gasteiger partial charge on any atom is 0.161 e. The number of hydrogen-bond acceptors (Lipinski definition) is 0. The highest BCUT2D eigenvalue weighted by molar-refractivity contribution is 5.25. The molecule has 47 heavy (non-hydrogen) atoms. The molecule has 0 spiro atoms. The van der Waals surface area contributed by atoms with E-state index in [-0.39, 0.29) is 26.0 Å². The van der Waals surface area contributed by atoms with Gasteiger partial charge in [0.1, 0.15) is 23.3 Å². The van der Waals surface area contributed by atoms with Crippen LogP contribution in [0.3, 0.4) is 0 Å². The lowest BCUT2D eigenvalue weighted by Gasteiger charge is -2.22. The minimum Gasteiger partial charge on any atom is -0.207 e. The molecule has 0 bridgehead atoms. The molecule has 3 aromatic carbocycles. The van der Waals surface area contributed by atoms with Crippen LogP contribution in [0.1, 0.15) is 127 Å². The second kappa shape index (κ2) is 23.5. The first-order chi connectivity index (χ1) is 21.0. The average molecular weight is 669 g/mol. The van der Waals surface area contributed by atoms with Crippen LogP contribution < -0.4 is 0 Å². The van der Waals surface area contributed by atoms with Gasteiger partial charge in [-0.2, -0.15) is 0 Å². The fourth-order valence-electron chi connectivity index (χ4n) is 5.02. The Kier molecular flexibility index (Phi) is 23.2. The van der Waals surface area contributed by atoms with Crippen molar-refractivity contribution in [1.29, 1.82) is 0 Å². The Hall–Kier alpha value is -2.76. The van der Waals surface area contributed by atoms with E-state index in [0.717, 1.165) is 17.8 Å². The number of aryl methyl sites for hydroxylation is 4. The Morgan fingerprint density at radius 1 is 0.426 bits per heavy atom. The molecular formula is C41H62F6. The van der Waals surface area contributed by atoms with E-state index in [4.69, 9.17) is 0 Å². The van der Waals surface area contributed by atoms with Gasteiger partial charge in [-0.1, -0.05) is 106 Å². The van der Waals surface area contributed by atoms with Gasteiger partial charge in [0.2, 0.25) is 0 Å². The minimum absolute atomic E-state index is 0. The lowest BCUT2D eigenvalue weighted by molar-refractivity contribution is 0.308. The smallest absolute Gasteiger partial charge is 0.161 e. The van der Waals surface area contributed by atoms with Crippen molar-refractivity contribution in [3.8, 4) is 0 Å². The molecule has 5 rings (SSSR count). The highest BCUT2D eigenvalue weighted by atomic mass is 19.2. The highest BCUT2D eigenvalue weighted by Crippen LogP contribution is 2.27. The zero-order valence-corrected chi connectivity index (χ0v) is 28.8. The van der Waals surface area contributed by atoms with Crippen LogP contribution in [0, 0.1) is 94.2 Å². The standard InChI is InChI=1S/3C8H8F2.C8H16.C7H14.2CH4/c2*1-5-3-7(9)6(2)8(10)4-5;1-5-3-4-6(2)8(10)7(5)9;1-7-3-5-8(2)6-4-7;1-7-5-3-2-4-6-7;;/h3*3-4H,1-2H3;7-8H,3-6H2,1-2H3;7H,2-6H2,1H3;2*1H4. The summed E-state index contributed by atoms with van der Waals surface area (Å²) in [5.74, 6) is -0.295. The molecule has 2 saturated carbocycles. The largest absolute Gasteiger partial charge is 0.207 e. The molecule has 0 saturated heterocycles. The summed E-state index contributed by atoms with van der Waals surface area (Å²) in [6, 6.07) is 8.40. The fraction of sp³-hybridized carbons (Fsp3) is 0.561. The van der Waals surface area contributed by atoms with E-state index >= 15 is 0 Å². The van der Waals surface area contributed by atoms with Crippen molar-refractivity contribution in [2.75, 3.05) is 0 Å². The van der Waals surface area contributed by atoms with E-state index in [1.807, 2.05) is 0 Å². The zero-order chi connectivity index (χ0) is 34.3. The van der Waals surface area contributed by atoms with Crippen LogP contribution in [-0.2, 0) is 0 Å². The molecule has 6 heteroatoms. The fourth-order valence-corrected chi connectivity index (χ4v) is 5.02. The third kappa shape index (κ3) is 17.8. The van der Waals surface area contributed by atoms with Crippen molar-refractivity contribution in [2.45, 2.75) is 135 Å². The summed E-state index contributed by atoms with van der Waals surface area (Å²) in [5.41, 5.74) is 2.10. The van der Waals surface area contributed by atoms with Gasteiger partial charge in [-0.25, -0.2) is 26.3 Å². The predicted octanol–water partition coefficient (Wildman–Crippen LogP) is 14.4. The summed E-state index contributed by atoms with van der Waals surface area (Å²) in [7, 11) is 0. The Morgan fingerprint density at radius 3 is 0.915 bits per heavy atom.